The van der Waals surface area contributed by atoms with Crippen molar-refractivity contribution in [3.05, 3.63) is 22.8 Å². The Balaban J connectivity index is 2.21. The van der Waals surface area contributed by atoms with E-state index in [1.165, 1.54) is 0 Å². The number of rotatable bonds is 2. The van der Waals surface area contributed by atoms with E-state index in [1.54, 1.807) is 6.20 Å². The Kier molecular flexibility index (Phi) is 3.86. The fourth-order valence-electron chi connectivity index (χ4n) is 2.16. The Hall–Kier alpha value is -0.840. The quantitative estimate of drug-likeness (QED) is 0.876. The monoisotopic (exact) mass is 255 g/mol. The van der Waals surface area contributed by atoms with E-state index >= 15 is 0 Å². The van der Waals surface area contributed by atoms with E-state index in [0.29, 0.717) is 11.6 Å². The summed E-state index contributed by atoms with van der Waals surface area (Å²) in [4.78, 5) is 6.58. The zero-order valence-electron chi connectivity index (χ0n) is 10.2. The molecular weight excluding hydrogens is 238 g/mol. The lowest BCUT2D eigenvalue weighted by molar-refractivity contribution is -0.00546. The first-order chi connectivity index (χ1) is 8.10. The van der Waals surface area contributed by atoms with Gasteiger partial charge in [-0.15, -0.1) is 0 Å². The number of morpholine rings is 1. The molecule has 1 aromatic heterocycles. The van der Waals surface area contributed by atoms with Gasteiger partial charge in [-0.2, -0.15) is 0 Å². The second-order valence-electron chi connectivity index (χ2n) is 4.50. The number of anilines is 1. The van der Waals surface area contributed by atoms with Gasteiger partial charge in [0.05, 0.1) is 17.2 Å². The minimum Gasteiger partial charge on any atom is -0.372 e. The highest BCUT2D eigenvalue weighted by atomic mass is 35.5. The van der Waals surface area contributed by atoms with Crippen molar-refractivity contribution in [2.45, 2.75) is 32.6 Å². The Morgan fingerprint density at radius 1 is 1.47 bits per heavy atom. The maximum Gasteiger partial charge on any atom is 0.129 e. The van der Waals surface area contributed by atoms with Crippen LogP contribution in [0.3, 0.4) is 0 Å². The summed E-state index contributed by atoms with van der Waals surface area (Å²) in [5, 5.41) is 0.630. The lowest BCUT2D eigenvalue weighted by Gasteiger charge is -2.36. The molecule has 1 aliphatic heterocycles. The van der Waals surface area contributed by atoms with Crippen LogP contribution in [0.1, 0.15) is 19.4 Å². The third-order valence-electron chi connectivity index (χ3n) is 2.88. The molecule has 0 saturated carbocycles. The van der Waals surface area contributed by atoms with Gasteiger partial charge < -0.3 is 15.4 Å². The predicted octanol–water partition coefficient (Wildman–Crippen LogP) is 1.81. The van der Waals surface area contributed by atoms with Gasteiger partial charge in [-0.05, 0) is 25.5 Å². The Labute approximate surface area is 107 Å². The summed E-state index contributed by atoms with van der Waals surface area (Å²) in [6.07, 6.45) is 2.11. The Bertz CT molecular complexity index is 389. The summed E-state index contributed by atoms with van der Waals surface area (Å²) >= 11 is 6.01. The minimum atomic E-state index is 0.220. The second-order valence-corrected chi connectivity index (χ2v) is 4.91. The van der Waals surface area contributed by atoms with Gasteiger partial charge in [-0.1, -0.05) is 11.6 Å². The van der Waals surface area contributed by atoms with Crippen LogP contribution in [-0.2, 0) is 11.3 Å². The van der Waals surface area contributed by atoms with Crippen molar-refractivity contribution >= 4 is 17.4 Å². The van der Waals surface area contributed by atoms with Crippen LogP contribution >= 0.6 is 11.6 Å². The van der Waals surface area contributed by atoms with Gasteiger partial charge in [0.15, 0.2) is 0 Å². The van der Waals surface area contributed by atoms with E-state index in [9.17, 15) is 0 Å². The molecule has 0 bridgehead atoms. The van der Waals surface area contributed by atoms with Crippen LogP contribution in [0.2, 0.25) is 5.02 Å². The smallest absolute Gasteiger partial charge is 0.129 e. The average Bonchev–Trinajstić information content (AvgIpc) is 2.28. The summed E-state index contributed by atoms with van der Waals surface area (Å²) in [5.74, 6) is 0.928. The van der Waals surface area contributed by atoms with Crippen LogP contribution in [0.5, 0.6) is 0 Å². The van der Waals surface area contributed by atoms with E-state index in [0.717, 1.165) is 24.5 Å². The molecule has 2 rings (SSSR count). The average molecular weight is 256 g/mol. The number of ether oxygens (including phenoxy) is 1. The number of hydrogen-bond acceptors (Lipinski definition) is 4. The molecule has 2 heterocycles. The Morgan fingerprint density at radius 3 is 2.71 bits per heavy atom. The molecule has 1 saturated heterocycles. The van der Waals surface area contributed by atoms with E-state index < -0.39 is 0 Å². The summed E-state index contributed by atoms with van der Waals surface area (Å²) in [7, 11) is 0. The highest BCUT2D eigenvalue weighted by Gasteiger charge is 2.23. The van der Waals surface area contributed by atoms with E-state index in [4.69, 9.17) is 22.1 Å². The largest absolute Gasteiger partial charge is 0.372 e. The third-order valence-corrected chi connectivity index (χ3v) is 3.22. The molecular formula is C12H18ClN3O. The van der Waals surface area contributed by atoms with Crippen molar-refractivity contribution in [2.75, 3.05) is 18.0 Å². The predicted molar refractivity (Wildman–Crippen MR) is 69.4 cm³/mol. The Morgan fingerprint density at radius 2 is 2.12 bits per heavy atom. The molecule has 2 unspecified atom stereocenters. The number of aromatic nitrogens is 1. The molecule has 5 heteroatoms. The number of nitrogens with two attached hydrogens (primary N) is 1. The summed E-state index contributed by atoms with van der Waals surface area (Å²) in [6.45, 7) is 6.28. The van der Waals surface area contributed by atoms with Gasteiger partial charge in [0.25, 0.3) is 0 Å². The van der Waals surface area contributed by atoms with Gasteiger partial charge in [0.2, 0.25) is 0 Å². The fraction of sp³-hybridized carbons (Fsp3) is 0.583. The molecule has 94 valence electrons. The lowest BCUT2D eigenvalue weighted by Crippen LogP contribution is -2.45. The van der Waals surface area contributed by atoms with Crippen molar-refractivity contribution in [2.24, 2.45) is 5.73 Å². The van der Waals surface area contributed by atoms with E-state index in [1.807, 2.05) is 6.07 Å². The minimum absolute atomic E-state index is 0.220. The van der Waals surface area contributed by atoms with E-state index in [2.05, 4.69) is 23.7 Å². The van der Waals surface area contributed by atoms with Crippen LogP contribution in [-0.4, -0.2) is 30.3 Å². The second kappa shape index (κ2) is 5.21. The molecule has 0 aromatic carbocycles. The first-order valence-electron chi connectivity index (χ1n) is 5.85. The van der Waals surface area contributed by atoms with Crippen molar-refractivity contribution in [1.82, 2.24) is 4.98 Å². The first-order valence-corrected chi connectivity index (χ1v) is 6.23. The summed E-state index contributed by atoms with van der Waals surface area (Å²) in [5.41, 5.74) is 6.58. The SMILES string of the molecule is CC1CN(c2cc(CN)c(Cl)cn2)CC(C)O1. The molecule has 0 amide bonds. The van der Waals surface area contributed by atoms with Gasteiger partial charge in [0.1, 0.15) is 5.82 Å². The zero-order chi connectivity index (χ0) is 12.4. The lowest BCUT2D eigenvalue weighted by atomic mass is 10.2. The molecule has 0 spiro atoms. The number of nitrogens with zero attached hydrogens (tertiary/aromatic N) is 2. The van der Waals surface area contributed by atoms with Gasteiger partial charge in [0, 0.05) is 25.8 Å². The van der Waals surface area contributed by atoms with Gasteiger partial charge in [-0.3, -0.25) is 0 Å². The molecule has 0 radical (unpaired) electrons. The number of hydrogen-bond donors (Lipinski definition) is 1. The van der Waals surface area contributed by atoms with Crippen molar-refractivity contribution in [1.29, 1.82) is 0 Å². The summed E-state index contributed by atoms with van der Waals surface area (Å²) < 4.78 is 5.70. The van der Waals surface area contributed by atoms with Crippen LogP contribution in [0.25, 0.3) is 0 Å². The van der Waals surface area contributed by atoms with Crippen LogP contribution in [0.4, 0.5) is 5.82 Å². The number of pyridine rings is 1. The molecule has 2 atom stereocenters. The van der Waals surface area contributed by atoms with Crippen molar-refractivity contribution < 1.29 is 4.74 Å². The third kappa shape index (κ3) is 2.89. The standard InChI is InChI=1S/C12H18ClN3O/c1-8-6-16(7-9(2)17-8)12-3-10(4-14)11(13)5-15-12/h3,5,8-9H,4,6-7,14H2,1-2H3. The molecule has 4 nitrogen and oxygen atoms in total. The van der Waals surface area contributed by atoms with Gasteiger partial charge >= 0.3 is 0 Å². The molecule has 2 N–H and O–H groups in total. The van der Waals surface area contributed by atoms with Crippen LogP contribution < -0.4 is 10.6 Å². The van der Waals surface area contributed by atoms with Crippen LogP contribution in [0, 0.1) is 0 Å². The summed E-state index contributed by atoms with van der Waals surface area (Å²) in [6, 6.07) is 1.97. The topological polar surface area (TPSA) is 51.4 Å². The normalized spacial score (nSPS) is 25.1. The van der Waals surface area contributed by atoms with Crippen molar-refractivity contribution in [3.8, 4) is 0 Å². The van der Waals surface area contributed by atoms with Gasteiger partial charge in [-0.25, -0.2) is 4.98 Å². The number of halogens is 1. The fourth-order valence-corrected chi connectivity index (χ4v) is 2.34. The zero-order valence-corrected chi connectivity index (χ0v) is 10.9. The maximum atomic E-state index is 6.01. The molecule has 1 fully saturated rings. The molecule has 1 aromatic rings. The van der Waals surface area contributed by atoms with Crippen molar-refractivity contribution in [3.63, 3.8) is 0 Å². The highest BCUT2D eigenvalue weighted by Crippen LogP contribution is 2.23. The highest BCUT2D eigenvalue weighted by molar-refractivity contribution is 6.31. The molecule has 17 heavy (non-hydrogen) atoms. The van der Waals surface area contributed by atoms with E-state index in [-0.39, 0.29) is 12.2 Å². The molecule has 0 aliphatic carbocycles. The molecule has 1 aliphatic rings. The van der Waals surface area contributed by atoms with Crippen LogP contribution in [0.15, 0.2) is 12.3 Å². The first kappa shape index (κ1) is 12.6. The maximum absolute atomic E-state index is 6.01.